The quantitative estimate of drug-likeness (QED) is 0.600. The third-order valence-electron chi connectivity index (χ3n) is 3.02. The summed E-state index contributed by atoms with van der Waals surface area (Å²) in [5, 5.41) is 9.50. The number of thiophene rings is 1. The summed E-state index contributed by atoms with van der Waals surface area (Å²) in [6, 6.07) is 7.86. The first-order chi connectivity index (χ1) is 9.93. The highest BCUT2D eigenvalue weighted by Gasteiger charge is 2.21. The summed E-state index contributed by atoms with van der Waals surface area (Å²) in [5.41, 5.74) is 2.66. The molecule has 0 saturated heterocycles. The Kier molecular flexibility index (Phi) is 2.53. The maximum atomic E-state index is 5.49. The van der Waals surface area contributed by atoms with E-state index in [0.717, 1.165) is 33.4 Å². The van der Waals surface area contributed by atoms with Crippen molar-refractivity contribution < 1.29 is 4.42 Å². The molecule has 98 valence electrons. The molecule has 0 amide bonds. The Morgan fingerprint density at radius 3 is 2.90 bits per heavy atom. The van der Waals surface area contributed by atoms with Crippen molar-refractivity contribution in [2.75, 3.05) is 0 Å². The predicted molar refractivity (Wildman–Crippen MR) is 77.2 cm³/mol. The standard InChI is InChI=1S/C14H10N4OS/c1-3-9(19-7-1)12-11(10-4-2-8-20-10)13(18-17-12)14-15-5-6-16-14/h1-8H,(H,15,16)(H,17,18). The van der Waals surface area contributed by atoms with Crippen molar-refractivity contribution in [1.29, 1.82) is 0 Å². The lowest BCUT2D eigenvalue weighted by Crippen LogP contribution is -1.84. The third kappa shape index (κ3) is 1.70. The van der Waals surface area contributed by atoms with E-state index in [1.807, 2.05) is 23.6 Å². The van der Waals surface area contributed by atoms with Gasteiger partial charge in [0.15, 0.2) is 11.6 Å². The van der Waals surface area contributed by atoms with E-state index in [1.165, 1.54) is 0 Å². The fraction of sp³-hybridized carbons (Fsp3) is 0. The van der Waals surface area contributed by atoms with Crippen LogP contribution in [0.25, 0.3) is 33.4 Å². The number of nitrogens with one attached hydrogen (secondary N) is 2. The van der Waals surface area contributed by atoms with Crippen LogP contribution in [0.3, 0.4) is 0 Å². The molecule has 0 unspecified atom stereocenters. The average Bonchev–Trinajstić information content (AvgIpc) is 3.23. The van der Waals surface area contributed by atoms with Gasteiger partial charge in [-0.2, -0.15) is 5.10 Å². The second kappa shape index (κ2) is 4.50. The van der Waals surface area contributed by atoms with Gasteiger partial charge < -0.3 is 9.40 Å². The van der Waals surface area contributed by atoms with E-state index in [-0.39, 0.29) is 0 Å². The van der Waals surface area contributed by atoms with Crippen molar-refractivity contribution in [1.82, 2.24) is 20.2 Å². The molecule has 0 bridgehead atoms. The molecule has 4 aromatic heterocycles. The second-order valence-electron chi connectivity index (χ2n) is 4.21. The molecule has 0 aliphatic rings. The third-order valence-corrected chi connectivity index (χ3v) is 3.91. The van der Waals surface area contributed by atoms with Crippen LogP contribution in [0.2, 0.25) is 0 Å². The van der Waals surface area contributed by atoms with Gasteiger partial charge in [0.2, 0.25) is 0 Å². The Bertz CT molecular complexity index is 746. The van der Waals surface area contributed by atoms with Gasteiger partial charge >= 0.3 is 0 Å². The number of hydrogen-bond acceptors (Lipinski definition) is 4. The number of H-pyrrole nitrogens is 2. The van der Waals surface area contributed by atoms with Gasteiger partial charge in [-0.1, -0.05) is 6.07 Å². The van der Waals surface area contributed by atoms with E-state index in [2.05, 4.69) is 26.2 Å². The van der Waals surface area contributed by atoms with E-state index in [9.17, 15) is 0 Å². The summed E-state index contributed by atoms with van der Waals surface area (Å²) in [4.78, 5) is 8.50. The van der Waals surface area contributed by atoms with Crippen molar-refractivity contribution in [2.45, 2.75) is 0 Å². The number of imidazole rings is 1. The minimum absolute atomic E-state index is 0.738. The summed E-state index contributed by atoms with van der Waals surface area (Å²) >= 11 is 1.66. The second-order valence-corrected chi connectivity index (χ2v) is 5.16. The van der Waals surface area contributed by atoms with Crippen molar-refractivity contribution in [3.8, 4) is 33.4 Å². The van der Waals surface area contributed by atoms with Gasteiger partial charge in [-0.25, -0.2) is 4.98 Å². The van der Waals surface area contributed by atoms with E-state index in [4.69, 9.17) is 4.42 Å². The normalized spacial score (nSPS) is 11.0. The zero-order valence-corrected chi connectivity index (χ0v) is 11.1. The monoisotopic (exact) mass is 282 g/mol. The molecular weight excluding hydrogens is 272 g/mol. The van der Waals surface area contributed by atoms with Gasteiger partial charge in [-0.15, -0.1) is 11.3 Å². The molecule has 0 fully saturated rings. The van der Waals surface area contributed by atoms with Crippen LogP contribution in [0, 0.1) is 0 Å². The summed E-state index contributed by atoms with van der Waals surface area (Å²) in [7, 11) is 0. The first kappa shape index (κ1) is 11.2. The Morgan fingerprint density at radius 1 is 1.20 bits per heavy atom. The molecular formula is C14H10N4OS. The van der Waals surface area contributed by atoms with E-state index in [0.29, 0.717) is 0 Å². The molecule has 0 saturated carbocycles. The minimum atomic E-state index is 0.738. The molecule has 0 aliphatic carbocycles. The average molecular weight is 282 g/mol. The van der Waals surface area contributed by atoms with Crippen LogP contribution in [0.15, 0.2) is 52.7 Å². The predicted octanol–water partition coefficient (Wildman–Crippen LogP) is 3.79. The Balaban J connectivity index is 1.98. The number of furan rings is 1. The molecule has 6 heteroatoms. The number of aromatic nitrogens is 4. The summed E-state index contributed by atoms with van der Waals surface area (Å²) in [6.45, 7) is 0. The number of rotatable bonds is 3. The first-order valence-corrected chi connectivity index (χ1v) is 6.97. The van der Waals surface area contributed by atoms with Crippen LogP contribution in [0.1, 0.15) is 0 Å². The summed E-state index contributed by atoms with van der Waals surface area (Å²) in [5.74, 6) is 1.50. The maximum absolute atomic E-state index is 5.49. The number of nitrogens with zero attached hydrogens (tertiary/aromatic N) is 2. The van der Waals surface area contributed by atoms with E-state index >= 15 is 0 Å². The topological polar surface area (TPSA) is 70.5 Å². The van der Waals surface area contributed by atoms with Gasteiger partial charge in [-0.3, -0.25) is 5.10 Å². The van der Waals surface area contributed by atoms with E-state index < -0.39 is 0 Å². The Morgan fingerprint density at radius 2 is 2.20 bits per heavy atom. The lowest BCUT2D eigenvalue weighted by molar-refractivity contribution is 0.580. The van der Waals surface area contributed by atoms with Crippen LogP contribution in [-0.4, -0.2) is 20.2 Å². The summed E-state index contributed by atoms with van der Waals surface area (Å²) in [6.07, 6.45) is 5.16. The van der Waals surface area contributed by atoms with Gasteiger partial charge in [0.05, 0.1) is 11.8 Å². The molecule has 20 heavy (non-hydrogen) atoms. The highest BCUT2D eigenvalue weighted by atomic mass is 32.1. The molecule has 4 rings (SSSR count). The lowest BCUT2D eigenvalue weighted by atomic mass is 10.1. The van der Waals surface area contributed by atoms with Crippen molar-refractivity contribution in [3.63, 3.8) is 0 Å². The molecule has 4 heterocycles. The fourth-order valence-electron chi connectivity index (χ4n) is 2.17. The van der Waals surface area contributed by atoms with Crippen molar-refractivity contribution in [2.24, 2.45) is 0 Å². The molecule has 0 atom stereocenters. The molecule has 0 radical (unpaired) electrons. The summed E-state index contributed by atoms with van der Waals surface area (Å²) < 4.78 is 5.49. The van der Waals surface area contributed by atoms with Gasteiger partial charge in [0.25, 0.3) is 0 Å². The zero-order valence-electron chi connectivity index (χ0n) is 10.3. The smallest absolute Gasteiger partial charge is 0.158 e. The van der Waals surface area contributed by atoms with Crippen molar-refractivity contribution in [3.05, 3.63) is 48.3 Å². The van der Waals surface area contributed by atoms with Gasteiger partial charge in [0, 0.05) is 17.3 Å². The largest absolute Gasteiger partial charge is 0.463 e. The maximum Gasteiger partial charge on any atom is 0.158 e. The molecule has 0 aliphatic heterocycles. The van der Waals surface area contributed by atoms with Crippen LogP contribution in [0.5, 0.6) is 0 Å². The van der Waals surface area contributed by atoms with Crippen LogP contribution in [-0.2, 0) is 0 Å². The Hall–Kier alpha value is -2.60. The molecule has 4 aromatic rings. The molecule has 0 aromatic carbocycles. The van der Waals surface area contributed by atoms with Crippen molar-refractivity contribution >= 4 is 11.3 Å². The highest BCUT2D eigenvalue weighted by molar-refractivity contribution is 7.13. The van der Waals surface area contributed by atoms with Crippen LogP contribution >= 0.6 is 11.3 Å². The number of aromatic amines is 2. The lowest BCUT2D eigenvalue weighted by Gasteiger charge is -2.00. The van der Waals surface area contributed by atoms with Crippen LogP contribution < -0.4 is 0 Å². The molecule has 0 spiro atoms. The highest BCUT2D eigenvalue weighted by Crippen LogP contribution is 2.39. The SMILES string of the molecule is c1coc(-c2[nH]nc(-c3ncc[nH]3)c2-c2cccs2)c1. The first-order valence-electron chi connectivity index (χ1n) is 6.09. The fourth-order valence-corrected chi connectivity index (χ4v) is 2.95. The number of hydrogen-bond donors (Lipinski definition) is 2. The van der Waals surface area contributed by atoms with E-state index in [1.54, 1.807) is 30.0 Å². The zero-order chi connectivity index (χ0) is 13.4. The van der Waals surface area contributed by atoms with Gasteiger partial charge in [0.1, 0.15) is 11.4 Å². The van der Waals surface area contributed by atoms with Gasteiger partial charge in [-0.05, 0) is 23.6 Å². The Labute approximate surface area is 118 Å². The molecule has 2 N–H and O–H groups in total. The van der Waals surface area contributed by atoms with Crippen LogP contribution in [0.4, 0.5) is 0 Å². The minimum Gasteiger partial charge on any atom is -0.463 e. The molecule has 5 nitrogen and oxygen atoms in total.